The average Bonchev–Trinajstić information content (AvgIpc) is 3.33. The molecule has 10 heteroatoms. The van der Waals surface area contributed by atoms with Crippen LogP contribution in [0.4, 0.5) is 22.0 Å². The maximum atomic E-state index is 14.1. The molecule has 3 N–H and O–H groups in total. The highest BCUT2D eigenvalue weighted by Gasteiger charge is 2.25. The number of ether oxygens (including phenoxy) is 1. The lowest BCUT2D eigenvalue weighted by Gasteiger charge is -2.23. The number of hydrogen-bond donors (Lipinski definition) is 3. The number of aromatic amines is 2. The van der Waals surface area contributed by atoms with Crippen LogP contribution in [0.2, 0.25) is 0 Å². The molecule has 1 aliphatic carbocycles. The van der Waals surface area contributed by atoms with Crippen LogP contribution in [0.1, 0.15) is 30.0 Å². The summed E-state index contributed by atoms with van der Waals surface area (Å²) in [5.41, 5.74) is 2.60. The van der Waals surface area contributed by atoms with Gasteiger partial charge >= 0.3 is 0 Å². The molecular formula is C21H23FN8O. The van der Waals surface area contributed by atoms with Gasteiger partial charge < -0.3 is 15.0 Å². The van der Waals surface area contributed by atoms with Gasteiger partial charge in [-0.25, -0.2) is 9.37 Å². The van der Waals surface area contributed by atoms with Crippen molar-refractivity contribution >= 4 is 28.5 Å². The highest BCUT2D eigenvalue weighted by molar-refractivity contribution is 5.82. The first-order valence-corrected chi connectivity index (χ1v) is 10.2. The molecule has 0 bridgehead atoms. The Balaban J connectivity index is 1.39. The molecule has 0 aliphatic heterocycles. The first-order chi connectivity index (χ1) is 15.2. The minimum Gasteiger partial charge on any atom is -0.383 e. The molecular weight excluding hydrogens is 399 g/mol. The molecule has 9 nitrogen and oxygen atoms in total. The van der Waals surface area contributed by atoms with E-state index >= 15 is 0 Å². The van der Waals surface area contributed by atoms with E-state index in [9.17, 15) is 4.39 Å². The van der Waals surface area contributed by atoms with E-state index in [4.69, 9.17) is 4.74 Å². The molecule has 5 rings (SSSR count). The van der Waals surface area contributed by atoms with Crippen molar-refractivity contribution in [3.63, 3.8) is 0 Å². The van der Waals surface area contributed by atoms with E-state index in [1.807, 2.05) is 11.0 Å². The van der Waals surface area contributed by atoms with Gasteiger partial charge in [0, 0.05) is 49.5 Å². The van der Waals surface area contributed by atoms with Crippen molar-refractivity contribution in [1.82, 2.24) is 30.4 Å². The minimum absolute atomic E-state index is 0.320. The second kappa shape index (κ2) is 8.31. The zero-order valence-corrected chi connectivity index (χ0v) is 17.1. The van der Waals surface area contributed by atoms with E-state index in [0.717, 1.165) is 22.5 Å². The average molecular weight is 422 g/mol. The SMILES string of the molecule is COCCN(Cc1cc(F)cc2[nH]ncc12)c1nccc(Nc2cc(C3CC3)[nH]n2)n1. The predicted molar refractivity (Wildman–Crippen MR) is 115 cm³/mol. The van der Waals surface area contributed by atoms with Crippen LogP contribution >= 0.6 is 0 Å². The topological polar surface area (TPSA) is 108 Å². The molecule has 1 fully saturated rings. The van der Waals surface area contributed by atoms with E-state index < -0.39 is 0 Å². The van der Waals surface area contributed by atoms with Crippen LogP contribution in [0.15, 0.2) is 36.7 Å². The maximum Gasteiger partial charge on any atom is 0.227 e. The summed E-state index contributed by atoms with van der Waals surface area (Å²) in [6.07, 6.45) is 5.81. The van der Waals surface area contributed by atoms with E-state index in [1.54, 1.807) is 25.6 Å². The van der Waals surface area contributed by atoms with Gasteiger partial charge in [-0.05, 0) is 36.6 Å². The second-order valence-corrected chi connectivity index (χ2v) is 7.66. The van der Waals surface area contributed by atoms with Crippen LogP contribution in [-0.2, 0) is 11.3 Å². The Morgan fingerprint density at radius 1 is 1.23 bits per heavy atom. The molecule has 0 amide bonds. The van der Waals surface area contributed by atoms with Crippen LogP contribution in [0.5, 0.6) is 0 Å². The quantitative estimate of drug-likeness (QED) is 0.379. The van der Waals surface area contributed by atoms with Crippen molar-refractivity contribution in [2.24, 2.45) is 0 Å². The molecule has 0 saturated heterocycles. The third kappa shape index (κ3) is 4.33. The number of hydrogen-bond acceptors (Lipinski definition) is 7. The molecule has 1 aromatic carbocycles. The molecule has 31 heavy (non-hydrogen) atoms. The number of nitrogens with zero attached hydrogens (tertiary/aromatic N) is 5. The standard InChI is InChI=1S/C21H23FN8O/c1-31-7-6-30(12-14-8-15(22)9-18-16(14)11-24-27-18)21-23-5-4-19(26-21)25-20-10-17(28-29-20)13-2-3-13/h4-5,8-11,13H,2-3,6-7,12H2,1H3,(H,24,27)(H2,23,25,26,28,29). The summed E-state index contributed by atoms with van der Waals surface area (Å²) in [6, 6.07) is 6.76. The normalized spacial score (nSPS) is 13.6. The molecule has 4 aromatic rings. The number of anilines is 3. The zero-order chi connectivity index (χ0) is 21.2. The van der Waals surface area contributed by atoms with Crippen molar-refractivity contribution in [3.05, 3.63) is 53.7 Å². The highest BCUT2D eigenvalue weighted by atomic mass is 19.1. The first-order valence-electron chi connectivity index (χ1n) is 10.2. The summed E-state index contributed by atoms with van der Waals surface area (Å²) >= 11 is 0. The van der Waals surface area contributed by atoms with Crippen LogP contribution in [-0.4, -0.2) is 50.6 Å². The number of benzene rings is 1. The fourth-order valence-corrected chi connectivity index (χ4v) is 3.58. The Morgan fingerprint density at radius 3 is 2.97 bits per heavy atom. The Morgan fingerprint density at radius 2 is 2.13 bits per heavy atom. The molecule has 0 spiro atoms. The van der Waals surface area contributed by atoms with E-state index in [2.05, 4.69) is 35.7 Å². The van der Waals surface area contributed by atoms with Crippen molar-refractivity contribution < 1.29 is 9.13 Å². The summed E-state index contributed by atoms with van der Waals surface area (Å²) in [6.45, 7) is 1.44. The summed E-state index contributed by atoms with van der Waals surface area (Å²) in [5, 5.41) is 18.4. The van der Waals surface area contributed by atoms with Gasteiger partial charge in [0.05, 0.1) is 18.3 Å². The first kappa shape index (κ1) is 19.4. The van der Waals surface area contributed by atoms with Crippen LogP contribution in [0, 0.1) is 5.82 Å². The maximum absolute atomic E-state index is 14.1. The number of aromatic nitrogens is 6. The van der Waals surface area contributed by atoms with E-state index in [1.165, 1.54) is 25.0 Å². The number of H-pyrrole nitrogens is 2. The Bertz CT molecular complexity index is 1190. The van der Waals surface area contributed by atoms with Gasteiger partial charge in [0.2, 0.25) is 5.95 Å². The van der Waals surface area contributed by atoms with Gasteiger partial charge in [-0.2, -0.15) is 15.2 Å². The zero-order valence-electron chi connectivity index (χ0n) is 17.1. The lowest BCUT2D eigenvalue weighted by molar-refractivity contribution is 0.204. The van der Waals surface area contributed by atoms with Gasteiger partial charge in [-0.3, -0.25) is 10.2 Å². The molecule has 3 heterocycles. The van der Waals surface area contributed by atoms with E-state index in [0.29, 0.717) is 42.9 Å². The third-order valence-corrected chi connectivity index (χ3v) is 5.33. The largest absolute Gasteiger partial charge is 0.383 e. The molecule has 1 saturated carbocycles. The van der Waals surface area contributed by atoms with Crippen LogP contribution in [0.3, 0.4) is 0 Å². The lowest BCUT2D eigenvalue weighted by atomic mass is 10.1. The summed E-state index contributed by atoms with van der Waals surface area (Å²) in [7, 11) is 1.64. The predicted octanol–water partition coefficient (Wildman–Crippen LogP) is 3.49. The molecule has 3 aromatic heterocycles. The molecule has 0 radical (unpaired) electrons. The van der Waals surface area contributed by atoms with Crippen LogP contribution < -0.4 is 10.2 Å². The summed E-state index contributed by atoms with van der Waals surface area (Å²) in [5.74, 6) is 2.15. The Labute approximate surface area is 178 Å². The van der Waals surface area contributed by atoms with Gasteiger partial charge in [-0.15, -0.1) is 0 Å². The number of halogens is 1. The summed E-state index contributed by atoms with van der Waals surface area (Å²) < 4.78 is 19.4. The van der Waals surface area contributed by atoms with E-state index in [-0.39, 0.29) is 5.82 Å². The van der Waals surface area contributed by atoms with Crippen molar-refractivity contribution in [3.8, 4) is 0 Å². The fourth-order valence-electron chi connectivity index (χ4n) is 3.58. The molecule has 1 aliphatic rings. The van der Waals surface area contributed by atoms with Gasteiger partial charge in [0.15, 0.2) is 5.82 Å². The summed E-state index contributed by atoms with van der Waals surface area (Å²) in [4.78, 5) is 11.0. The van der Waals surface area contributed by atoms with Crippen LogP contribution in [0.25, 0.3) is 10.9 Å². The van der Waals surface area contributed by atoms with Crippen molar-refractivity contribution in [2.45, 2.75) is 25.3 Å². The van der Waals surface area contributed by atoms with Crippen molar-refractivity contribution in [2.75, 3.05) is 30.5 Å². The lowest BCUT2D eigenvalue weighted by Crippen LogP contribution is -2.28. The molecule has 0 unspecified atom stereocenters. The number of methoxy groups -OCH3 is 1. The number of rotatable bonds is 9. The van der Waals surface area contributed by atoms with Gasteiger partial charge in [-0.1, -0.05) is 0 Å². The fraction of sp³-hybridized carbons (Fsp3) is 0.333. The van der Waals surface area contributed by atoms with Crippen molar-refractivity contribution in [1.29, 1.82) is 0 Å². The minimum atomic E-state index is -0.320. The second-order valence-electron chi connectivity index (χ2n) is 7.66. The van der Waals surface area contributed by atoms with Gasteiger partial charge in [0.25, 0.3) is 0 Å². The molecule has 0 atom stereocenters. The smallest absolute Gasteiger partial charge is 0.227 e. The monoisotopic (exact) mass is 422 g/mol. The Kier molecular flexibility index (Phi) is 5.21. The number of nitrogens with one attached hydrogen (secondary N) is 3. The Hall–Kier alpha value is -3.53. The molecule has 160 valence electrons. The highest BCUT2D eigenvalue weighted by Crippen LogP contribution is 2.39. The number of fused-ring (bicyclic) bond motifs is 1. The van der Waals surface area contributed by atoms with Gasteiger partial charge in [0.1, 0.15) is 11.6 Å². The third-order valence-electron chi connectivity index (χ3n) is 5.33.